The molecule has 1 amide bonds. The third-order valence-electron chi connectivity index (χ3n) is 3.45. The summed E-state index contributed by atoms with van der Waals surface area (Å²) in [6, 6.07) is 1.86. The Morgan fingerprint density at radius 3 is 2.48 bits per heavy atom. The number of halogens is 2. The highest BCUT2D eigenvalue weighted by molar-refractivity contribution is 8.13. The third kappa shape index (κ3) is 4.41. The molecule has 0 saturated carbocycles. The Hall–Kier alpha value is -1.14. The Morgan fingerprint density at radius 1 is 1.43 bits per heavy atom. The molecular formula is C14H19ClFNO3S. The van der Waals surface area contributed by atoms with Gasteiger partial charge in [-0.05, 0) is 30.5 Å². The second kappa shape index (κ2) is 6.75. The highest BCUT2D eigenvalue weighted by Crippen LogP contribution is 2.25. The topological polar surface area (TPSA) is 54.5 Å². The van der Waals surface area contributed by atoms with Crippen molar-refractivity contribution in [3.63, 3.8) is 0 Å². The quantitative estimate of drug-likeness (QED) is 0.776. The van der Waals surface area contributed by atoms with E-state index in [1.54, 1.807) is 7.05 Å². The van der Waals surface area contributed by atoms with Crippen LogP contribution in [0.5, 0.6) is 0 Å². The van der Waals surface area contributed by atoms with Crippen molar-refractivity contribution in [3.05, 3.63) is 29.1 Å². The lowest BCUT2D eigenvalue weighted by Gasteiger charge is -2.22. The maximum absolute atomic E-state index is 13.6. The van der Waals surface area contributed by atoms with Gasteiger partial charge in [-0.2, -0.15) is 0 Å². The van der Waals surface area contributed by atoms with Crippen LogP contribution in [0, 0.1) is 18.7 Å². The van der Waals surface area contributed by atoms with Crippen molar-refractivity contribution in [2.45, 2.75) is 32.1 Å². The normalized spacial score (nSPS) is 13.0. The van der Waals surface area contributed by atoms with Crippen molar-refractivity contribution in [2.75, 3.05) is 13.6 Å². The van der Waals surface area contributed by atoms with Gasteiger partial charge in [0.2, 0.25) is 0 Å². The number of nitrogens with zero attached hydrogens (tertiary/aromatic N) is 1. The Balaban J connectivity index is 3.25. The fraction of sp³-hybridized carbons (Fsp3) is 0.500. The average Bonchev–Trinajstić information content (AvgIpc) is 2.38. The summed E-state index contributed by atoms with van der Waals surface area (Å²) in [5, 5.41) is 0. The van der Waals surface area contributed by atoms with Gasteiger partial charge in [0.05, 0.1) is 4.90 Å². The van der Waals surface area contributed by atoms with Crippen molar-refractivity contribution in [3.8, 4) is 0 Å². The van der Waals surface area contributed by atoms with Crippen molar-refractivity contribution < 1.29 is 17.6 Å². The Labute approximate surface area is 129 Å². The molecule has 0 aliphatic heterocycles. The summed E-state index contributed by atoms with van der Waals surface area (Å²) in [6.07, 6.45) is 0.904. The van der Waals surface area contributed by atoms with Gasteiger partial charge in [-0.25, -0.2) is 12.8 Å². The summed E-state index contributed by atoms with van der Waals surface area (Å²) in [5.74, 6) is -0.932. The summed E-state index contributed by atoms with van der Waals surface area (Å²) in [6.45, 7) is 5.96. The minimum absolute atomic E-state index is 0.0139. The molecule has 1 rings (SSSR count). The van der Waals surface area contributed by atoms with Crippen molar-refractivity contribution >= 4 is 25.6 Å². The second-order valence-electron chi connectivity index (χ2n) is 5.21. The van der Waals surface area contributed by atoms with Crippen LogP contribution in [0.3, 0.4) is 0 Å². The largest absolute Gasteiger partial charge is 0.341 e. The predicted molar refractivity (Wildman–Crippen MR) is 80.6 cm³/mol. The Bertz CT molecular complexity index is 646. The fourth-order valence-electron chi connectivity index (χ4n) is 2.01. The lowest BCUT2D eigenvalue weighted by atomic mass is 10.1. The molecular weight excluding hydrogens is 317 g/mol. The molecule has 0 radical (unpaired) electrons. The van der Waals surface area contributed by atoms with Crippen LogP contribution in [0.25, 0.3) is 0 Å². The first-order valence-corrected chi connectivity index (χ1v) is 8.89. The predicted octanol–water partition coefficient (Wildman–Crippen LogP) is 3.18. The lowest BCUT2D eigenvalue weighted by molar-refractivity contribution is 0.0773. The Kier molecular flexibility index (Phi) is 5.75. The van der Waals surface area contributed by atoms with Crippen LogP contribution >= 0.6 is 10.7 Å². The minimum atomic E-state index is -4.10. The molecule has 0 aliphatic rings. The zero-order chi connectivity index (χ0) is 16.4. The lowest BCUT2D eigenvalue weighted by Crippen LogP contribution is -2.31. The molecule has 1 aromatic carbocycles. The minimum Gasteiger partial charge on any atom is -0.341 e. The molecule has 1 atom stereocenters. The summed E-state index contributed by atoms with van der Waals surface area (Å²) in [4.78, 5) is 13.5. The van der Waals surface area contributed by atoms with Gasteiger partial charge in [0.1, 0.15) is 5.82 Å². The molecule has 4 nitrogen and oxygen atoms in total. The average molecular weight is 336 g/mol. The van der Waals surface area contributed by atoms with E-state index in [1.807, 2.05) is 13.8 Å². The first kappa shape index (κ1) is 17.9. The fourth-order valence-corrected chi connectivity index (χ4v) is 3.22. The van der Waals surface area contributed by atoms with Crippen LogP contribution in [-0.4, -0.2) is 32.8 Å². The van der Waals surface area contributed by atoms with E-state index in [-0.39, 0.29) is 16.0 Å². The molecule has 0 fully saturated rings. The first-order chi connectivity index (χ1) is 9.57. The maximum Gasteiger partial charge on any atom is 0.261 e. The van der Waals surface area contributed by atoms with Gasteiger partial charge < -0.3 is 4.90 Å². The van der Waals surface area contributed by atoms with E-state index in [4.69, 9.17) is 10.7 Å². The van der Waals surface area contributed by atoms with E-state index in [0.29, 0.717) is 12.5 Å². The van der Waals surface area contributed by atoms with Crippen LogP contribution in [-0.2, 0) is 9.05 Å². The van der Waals surface area contributed by atoms with Crippen LogP contribution in [0.15, 0.2) is 17.0 Å². The summed E-state index contributed by atoms with van der Waals surface area (Å²) >= 11 is 0. The summed E-state index contributed by atoms with van der Waals surface area (Å²) in [7, 11) is 2.78. The number of hydrogen-bond donors (Lipinski definition) is 0. The maximum atomic E-state index is 13.6. The molecule has 0 aliphatic carbocycles. The summed E-state index contributed by atoms with van der Waals surface area (Å²) < 4.78 is 36.5. The molecule has 118 valence electrons. The number of benzene rings is 1. The van der Waals surface area contributed by atoms with Gasteiger partial charge in [0, 0.05) is 29.8 Å². The van der Waals surface area contributed by atoms with Gasteiger partial charge in [0.15, 0.2) is 0 Å². The van der Waals surface area contributed by atoms with Crippen LogP contribution < -0.4 is 0 Å². The number of amides is 1. The van der Waals surface area contributed by atoms with Crippen molar-refractivity contribution in [2.24, 2.45) is 5.92 Å². The number of carbonyl (C=O) groups excluding carboxylic acids is 1. The molecule has 0 heterocycles. The SMILES string of the molecule is CCC(C)CN(C)C(=O)c1cc(F)cc(S(=O)(=O)Cl)c1C. The number of carbonyl (C=O) groups is 1. The molecule has 7 heteroatoms. The van der Waals surface area contributed by atoms with Gasteiger partial charge in [-0.1, -0.05) is 20.3 Å². The zero-order valence-electron chi connectivity index (χ0n) is 12.5. The van der Waals surface area contributed by atoms with Crippen LogP contribution in [0.4, 0.5) is 4.39 Å². The smallest absolute Gasteiger partial charge is 0.261 e. The standard InChI is InChI=1S/C14H19ClFNO3S/c1-5-9(2)8-17(4)14(18)12-6-11(16)7-13(10(12)3)21(15,19)20/h6-7,9H,5,8H2,1-4H3. The van der Waals surface area contributed by atoms with E-state index >= 15 is 0 Å². The highest BCUT2D eigenvalue weighted by atomic mass is 35.7. The third-order valence-corrected chi connectivity index (χ3v) is 4.90. The van der Waals surface area contributed by atoms with E-state index in [1.165, 1.54) is 11.8 Å². The van der Waals surface area contributed by atoms with E-state index in [9.17, 15) is 17.6 Å². The van der Waals surface area contributed by atoms with Crippen molar-refractivity contribution in [1.29, 1.82) is 0 Å². The van der Waals surface area contributed by atoms with Crippen LogP contribution in [0.2, 0.25) is 0 Å². The number of hydrogen-bond acceptors (Lipinski definition) is 3. The van der Waals surface area contributed by atoms with Gasteiger partial charge in [-0.3, -0.25) is 4.79 Å². The number of rotatable bonds is 5. The zero-order valence-corrected chi connectivity index (χ0v) is 14.1. The van der Waals surface area contributed by atoms with Gasteiger partial charge in [0.25, 0.3) is 15.0 Å². The molecule has 0 N–H and O–H groups in total. The van der Waals surface area contributed by atoms with E-state index in [2.05, 4.69) is 0 Å². The second-order valence-corrected chi connectivity index (χ2v) is 7.75. The first-order valence-electron chi connectivity index (χ1n) is 6.58. The van der Waals surface area contributed by atoms with Gasteiger partial charge >= 0.3 is 0 Å². The van der Waals surface area contributed by atoms with Gasteiger partial charge in [-0.15, -0.1) is 0 Å². The monoisotopic (exact) mass is 335 g/mol. The van der Waals surface area contributed by atoms with Crippen LogP contribution in [0.1, 0.15) is 36.2 Å². The molecule has 0 saturated heterocycles. The Morgan fingerprint density at radius 2 is 2.00 bits per heavy atom. The molecule has 0 aromatic heterocycles. The molecule has 0 spiro atoms. The van der Waals surface area contributed by atoms with Crippen molar-refractivity contribution in [1.82, 2.24) is 4.90 Å². The molecule has 1 unspecified atom stereocenters. The summed E-state index contributed by atoms with van der Waals surface area (Å²) in [5.41, 5.74) is 0.174. The van der Waals surface area contributed by atoms with E-state index < -0.39 is 20.8 Å². The molecule has 21 heavy (non-hydrogen) atoms. The highest BCUT2D eigenvalue weighted by Gasteiger charge is 2.23. The molecule has 1 aromatic rings. The van der Waals surface area contributed by atoms with E-state index in [0.717, 1.165) is 18.6 Å². The molecule has 0 bridgehead atoms.